The molecule has 0 radical (unpaired) electrons. The molecule has 30 heavy (non-hydrogen) atoms. The molecule has 0 saturated carbocycles. The fraction of sp³-hybridized carbons (Fsp3) is 0. The fourth-order valence-electron chi connectivity index (χ4n) is 5.59. The lowest BCUT2D eigenvalue weighted by Crippen LogP contribution is -2.60. The Balaban J connectivity index is 1.67. The first-order valence-corrected chi connectivity index (χ1v) is 9.97. The number of rotatable bonds is 0. The van der Waals surface area contributed by atoms with Crippen LogP contribution in [0.15, 0.2) is 66.7 Å². The number of hydrogen-bond donors (Lipinski definition) is 0. The molecule has 5 aromatic rings. The topological polar surface area (TPSA) is 47.2 Å². The molecule has 0 fully saturated rings. The number of para-hydroxylation sites is 1. The van der Waals surface area contributed by atoms with Gasteiger partial charge in [-0.1, -0.05) is 24.3 Å². The fourth-order valence-corrected chi connectivity index (χ4v) is 5.59. The van der Waals surface area contributed by atoms with Gasteiger partial charge in [-0.05, 0) is 53.4 Å². The smallest absolute Gasteiger partial charge is 0.266 e. The van der Waals surface area contributed by atoms with Gasteiger partial charge in [-0.3, -0.25) is 0 Å². The quantitative estimate of drug-likeness (QED) is 0.376. The van der Waals surface area contributed by atoms with E-state index in [1.165, 1.54) is 21.8 Å². The molecule has 4 nitrogen and oxygen atoms in total. The van der Waals surface area contributed by atoms with Crippen LogP contribution in [0.1, 0.15) is 5.56 Å². The van der Waals surface area contributed by atoms with E-state index in [1.807, 2.05) is 18.2 Å². The number of aromatic nitrogens is 1. The van der Waals surface area contributed by atoms with Crippen LogP contribution < -0.4 is 25.9 Å². The minimum absolute atomic E-state index is 0.00693. The Kier molecular flexibility index (Phi) is 2.31. The van der Waals surface area contributed by atoms with Crippen molar-refractivity contribution in [2.75, 3.05) is 0 Å². The molecule has 0 aliphatic carbocycles. The van der Waals surface area contributed by atoms with E-state index in [1.54, 1.807) is 6.07 Å². The summed E-state index contributed by atoms with van der Waals surface area (Å²) >= 11 is 0. The van der Waals surface area contributed by atoms with Crippen molar-refractivity contribution in [2.45, 2.75) is 0 Å². The Labute approximate surface area is 171 Å². The Bertz CT molecular complexity index is 1680. The summed E-state index contributed by atoms with van der Waals surface area (Å²) in [7, 11) is 0. The molecule has 136 valence electrons. The number of hydrogen-bond acceptors (Lipinski definition) is 3. The minimum Gasteiger partial charge on any atom is -0.458 e. The molecule has 3 aliphatic rings. The lowest BCUT2D eigenvalue weighted by molar-refractivity contribution is 0.463. The third kappa shape index (κ3) is 1.44. The van der Waals surface area contributed by atoms with Gasteiger partial charge in [-0.25, -0.2) is 0 Å². The SMILES string of the molecule is N#Cc1ccc2c3c1Oc1ccc4c5ccccc5n5c4c1B3c1c(cccc1-5)O2. The lowest BCUT2D eigenvalue weighted by atomic mass is 9.33. The molecule has 5 heteroatoms. The van der Waals surface area contributed by atoms with Crippen LogP contribution in [0.5, 0.6) is 23.0 Å². The molecule has 8 rings (SSSR count). The predicted octanol–water partition coefficient (Wildman–Crippen LogP) is 3.70. The van der Waals surface area contributed by atoms with Gasteiger partial charge in [0.2, 0.25) is 0 Å². The predicted molar refractivity (Wildman–Crippen MR) is 117 cm³/mol. The van der Waals surface area contributed by atoms with Crippen molar-refractivity contribution < 1.29 is 9.47 Å². The van der Waals surface area contributed by atoms with Crippen LogP contribution in [0, 0.1) is 11.3 Å². The van der Waals surface area contributed by atoms with Gasteiger partial charge in [0.05, 0.1) is 16.6 Å². The number of benzene rings is 4. The summed E-state index contributed by atoms with van der Waals surface area (Å²) in [5.41, 5.74) is 7.30. The molecule has 0 amide bonds. The minimum atomic E-state index is -0.00693. The zero-order valence-electron chi connectivity index (χ0n) is 15.6. The summed E-state index contributed by atoms with van der Waals surface area (Å²) in [4.78, 5) is 0. The van der Waals surface area contributed by atoms with Gasteiger partial charge in [0.25, 0.3) is 6.71 Å². The van der Waals surface area contributed by atoms with Gasteiger partial charge in [-0.2, -0.15) is 5.26 Å². The second kappa shape index (κ2) is 4.69. The highest BCUT2D eigenvalue weighted by atomic mass is 16.5. The lowest BCUT2D eigenvalue weighted by Gasteiger charge is -2.37. The second-order valence-electron chi connectivity index (χ2n) is 8.02. The maximum Gasteiger partial charge on any atom is 0.266 e. The first-order chi connectivity index (χ1) is 14.8. The summed E-state index contributed by atoms with van der Waals surface area (Å²) < 4.78 is 15.0. The summed E-state index contributed by atoms with van der Waals surface area (Å²) in [5.74, 6) is 3.08. The van der Waals surface area contributed by atoms with E-state index < -0.39 is 0 Å². The van der Waals surface area contributed by atoms with Crippen molar-refractivity contribution in [1.82, 2.24) is 4.57 Å². The largest absolute Gasteiger partial charge is 0.458 e. The number of nitriles is 1. The van der Waals surface area contributed by atoms with Crippen molar-refractivity contribution >= 4 is 44.9 Å². The highest BCUT2D eigenvalue weighted by molar-refractivity contribution is 7.00. The van der Waals surface area contributed by atoms with Gasteiger partial charge in [-0.15, -0.1) is 0 Å². The van der Waals surface area contributed by atoms with E-state index in [0.29, 0.717) is 11.3 Å². The molecule has 1 aromatic heterocycles. The number of ether oxygens (including phenoxy) is 2. The Morgan fingerprint density at radius 2 is 1.57 bits per heavy atom. The van der Waals surface area contributed by atoms with Crippen LogP contribution in [0.2, 0.25) is 0 Å². The molecule has 0 atom stereocenters. The number of nitrogens with zero attached hydrogens (tertiary/aromatic N) is 2. The number of fused-ring (bicyclic) bond motifs is 4. The van der Waals surface area contributed by atoms with Gasteiger partial charge in [0, 0.05) is 21.9 Å². The third-order valence-electron chi connectivity index (χ3n) is 6.69. The molecule has 4 aromatic carbocycles. The molecule has 0 saturated heterocycles. The summed E-state index contributed by atoms with van der Waals surface area (Å²) in [6.45, 7) is -0.00693. The van der Waals surface area contributed by atoms with Crippen molar-refractivity contribution in [3.05, 3.63) is 72.3 Å². The van der Waals surface area contributed by atoms with E-state index in [2.05, 4.69) is 53.1 Å². The van der Waals surface area contributed by atoms with Gasteiger partial charge in [0.15, 0.2) is 0 Å². The normalized spacial score (nSPS) is 13.8. The zero-order chi connectivity index (χ0) is 19.6. The van der Waals surface area contributed by atoms with E-state index in [0.717, 1.165) is 39.3 Å². The Hall–Kier alpha value is -4.17. The standard InChI is InChI=1S/C25H11BN2O2/c27-12-13-8-10-20-23-25(13)30-19-11-9-15-14-4-1-2-5-16(14)28-17-6-3-7-18(29-20)21(17)26(23)22(19)24(15)28/h1-11H. The van der Waals surface area contributed by atoms with E-state index in [4.69, 9.17) is 9.47 Å². The van der Waals surface area contributed by atoms with Gasteiger partial charge < -0.3 is 14.0 Å². The van der Waals surface area contributed by atoms with Crippen LogP contribution >= 0.6 is 0 Å². The molecule has 4 heterocycles. The molecular formula is C25H11BN2O2. The third-order valence-corrected chi connectivity index (χ3v) is 6.69. The van der Waals surface area contributed by atoms with Crippen LogP contribution in [0.25, 0.3) is 27.5 Å². The van der Waals surface area contributed by atoms with Crippen LogP contribution in [0.4, 0.5) is 0 Å². The molecule has 0 bridgehead atoms. The van der Waals surface area contributed by atoms with Gasteiger partial charge in [0.1, 0.15) is 29.1 Å². The van der Waals surface area contributed by atoms with E-state index in [9.17, 15) is 5.26 Å². The molecular weight excluding hydrogens is 371 g/mol. The summed E-state index contributed by atoms with van der Waals surface area (Å²) in [5, 5.41) is 12.2. The monoisotopic (exact) mass is 382 g/mol. The zero-order valence-corrected chi connectivity index (χ0v) is 15.6. The summed E-state index contributed by atoms with van der Waals surface area (Å²) in [6, 6.07) is 24.9. The van der Waals surface area contributed by atoms with Gasteiger partial charge >= 0.3 is 0 Å². The molecule has 0 spiro atoms. The average Bonchev–Trinajstić information content (AvgIpc) is 3.13. The van der Waals surface area contributed by atoms with Crippen LogP contribution in [0.3, 0.4) is 0 Å². The van der Waals surface area contributed by atoms with E-state index >= 15 is 0 Å². The summed E-state index contributed by atoms with van der Waals surface area (Å²) in [6.07, 6.45) is 0. The highest BCUT2D eigenvalue weighted by Gasteiger charge is 2.46. The average molecular weight is 382 g/mol. The van der Waals surface area contributed by atoms with Crippen LogP contribution in [-0.2, 0) is 0 Å². The van der Waals surface area contributed by atoms with E-state index in [-0.39, 0.29) is 6.71 Å². The second-order valence-corrected chi connectivity index (χ2v) is 8.02. The Morgan fingerprint density at radius 1 is 0.733 bits per heavy atom. The molecule has 3 aliphatic heterocycles. The Morgan fingerprint density at radius 3 is 2.50 bits per heavy atom. The van der Waals surface area contributed by atoms with Crippen LogP contribution in [-0.4, -0.2) is 11.3 Å². The molecule has 0 unspecified atom stereocenters. The maximum absolute atomic E-state index is 9.71. The molecule has 0 N–H and O–H groups in total. The first kappa shape index (κ1) is 14.8. The van der Waals surface area contributed by atoms with Crippen molar-refractivity contribution in [2.24, 2.45) is 0 Å². The van der Waals surface area contributed by atoms with Crippen molar-refractivity contribution in [1.29, 1.82) is 5.26 Å². The highest BCUT2D eigenvalue weighted by Crippen LogP contribution is 2.43. The first-order valence-electron chi connectivity index (χ1n) is 9.97. The maximum atomic E-state index is 9.71. The van der Waals surface area contributed by atoms with Crippen molar-refractivity contribution in [3.63, 3.8) is 0 Å². The van der Waals surface area contributed by atoms with Crippen molar-refractivity contribution in [3.8, 4) is 34.8 Å².